The van der Waals surface area contributed by atoms with Crippen molar-refractivity contribution in [1.82, 2.24) is 0 Å². The number of unbranched alkanes of at least 4 members (excludes halogenated alkanes) is 2. The van der Waals surface area contributed by atoms with Crippen molar-refractivity contribution in [2.24, 2.45) is 0 Å². The maximum absolute atomic E-state index is 10.8. The van der Waals surface area contributed by atoms with E-state index >= 15 is 0 Å². The first kappa shape index (κ1) is 13.8. The highest BCUT2D eigenvalue weighted by atomic mass is 35.5. The number of ether oxygens (including phenoxy) is 1. The van der Waals surface area contributed by atoms with Crippen LogP contribution in [0.5, 0.6) is 0 Å². The topological polar surface area (TPSA) is 26.3 Å². The molecule has 0 aromatic heterocycles. The first-order valence-corrected chi connectivity index (χ1v) is 5.97. The molecule has 0 aliphatic heterocycles. The number of alkyl halides is 1. The van der Waals surface area contributed by atoms with E-state index in [0.717, 1.165) is 25.7 Å². The third kappa shape index (κ3) is 8.36. The van der Waals surface area contributed by atoms with Crippen LogP contribution in [0.25, 0.3) is 0 Å². The number of esters is 1. The molecule has 3 heteroatoms. The summed E-state index contributed by atoms with van der Waals surface area (Å²) in [6.45, 7) is 3.63. The zero-order chi connectivity index (χ0) is 10.8. The van der Waals surface area contributed by atoms with Crippen molar-refractivity contribution in [3.05, 3.63) is 0 Å². The van der Waals surface area contributed by atoms with E-state index in [2.05, 4.69) is 6.92 Å². The SMILES string of the molecule is CCCCC[C@H](CCCCl)OC(C)=O. The van der Waals surface area contributed by atoms with Crippen LogP contribution in [-0.2, 0) is 9.53 Å². The fraction of sp³-hybridized carbons (Fsp3) is 0.909. The number of rotatable bonds is 8. The Balaban J connectivity index is 3.66. The van der Waals surface area contributed by atoms with Gasteiger partial charge in [0, 0.05) is 12.8 Å². The molecule has 2 nitrogen and oxygen atoms in total. The van der Waals surface area contributed by atoms with Crippen molar-refractivity contribution in [2.45, 2.75) is 58.5 Å². The van der Waals surface area contributed by atoms with Crippen LogP contribution in [0, 0.1) is 0 Å². The van der Waals surface area contributed by atoms with Gasteiger partial charge >= 0.3 is 5.97 Å². The molecular formula is C11H21ClO2. The van der Waals surface area contributed by atoms with Gasteiger partial charge in [-0.15, -0.1) is 11.6 Å². The van der Waals surface area contributed by atoms with Crippen LogP contribution < -0.4 is 0 Å². The van der Waals surface area contributed by atoms with Crippen molar-refractivity contribution < 1.29 is 9.53 Å². The Morgan fingerprint density at radius 1 is 1.29 bits per heavy atom. The van der Waals surface area contributed by atoms with E-state index in [1.807, 2.05) is 0 Å². The summed E-state index contributed by atoms with van der Waals surface area (Å²) in [6, 6.07) is 0. The van der Waals surface area contributed by atoms with E-state index in [1.165, 1.54) is 19.8 Å². The lowest BCUT2D eigenvalue weighted by Gasteiger charge is -2.16. The van der Waals surface area contributed by atoms with Gasteiger partial charge in [-0.1, -0.05) is 19.8 Å². The first-order valence-electron chi connectivity index (χ1n) is 5.43. The van der Waals surface area contributed by atoms with E-state index in [4.69, 9.17) is 16.3 Å². The normalized spacial score (nSPS) is 12.5. The molecule has 14 heavy (non-hydrogen) atoms. The lowest BCUT2D eigenvalue weighted by Crippen LogP contribution is -2.16. The maximum atomic E-state index is 10.8. The monoisotopic (exact) mass is 220 g/mol. The van der Waals surface area contributed by atoms with Crippen LogP contribution in [0.4, 0.5) is 0 Å². The summed E-state index contributed by atoms with van der Waals surface area (Å²) in [7, 11) is 0. The van der Waals surface area contributed by atoms with Gasteiger partial charge in [0.1, 0.15) is 6.10 Å². The van der Waals surface area contributed by atoms with Crippen LogP contribution in [0.1, 0.15) is 52.4 Å². The fourth-order valence-electron chi connectivity index (χ4n) is 1.42. The quantitative estimate of drug-likeness (QED) is 0.356. The van der Waals surface area contributed by atoms with Crippen LogP contribution >= 0.6 is 11.6 Å². The zero-order valence-corrected chi connectivity index (χ0v) is 9.98. The van der Waals surface area contributed by atoms with Gasteiger partial charge in [-0.25, -0.2) is 0 Å². The van der Waals surface area contributed by atoms with Crippen LogP contribution in [0.2, 0.25) is 0 Å². The molecule has 0 aliphatic rings. The molecule has 0 saturated carbocycles. The minimum absolute atomic E-state index is 0.0813. The molecule has 0 amide bonds. The lowest BCUT2D eigenvalue weighted by atomic mass is 10.1. The van der Waals surface area contributed by atoms with Crippen molar-refractivity contribution in [1.29, 1.82) is 0 Å². The molecule has 0 saturated heterocycles. The minimum atomic E-state index is -0.180. The summed E-state index contributed by atoms with van der Waals surface area (Å²) in [6.07, 6.45) is 6.42. The predicted molar refractivity (Wildman–Crippen MR) is 59.7 cm³/mol. The third-order valence-corrected chi connectivity index (χ3v) is 2.39. The van der Waals surface area contributed by atoms with Crippen molar-refractivity contribution in [2.75, 3.05) is 5.88 Å². The van der Waals surface area contributed by atoms with Gasteiger partial charge in [0.25, 0.3) is 0 Å². The van der Waals surface area contributed by atoms with Gasteiger partial charge < -0.3 is 4.74 Å². The van der Waals surface area contributed by atoms with E-state index in [9.17, 15) is 4.79 Å². The van der Waals surface area contributed by atoms with E-state index in [-0.39, 0.29) is 12.1 Å². The van der Waals surface area contributed by atoms with Crippen LogP contribution in [0.3, 0.4) is 0 Å². The second-order valence-electron chi connectivity index (χ2n) is 3.56. The number of carbonyl (C=O) groups is 1. The summed E-state index contributed by atoms with van der Waals surface area (Å²) in [5.74, 6) is 0.465. The molecule has 1 atom stereocenters. The molecule has 84 valence electrons. The summed E-state index contributed by atoms with van der Waals surface area (Å²) in [4.78, 5) is 10.8. The Labute approximate surface area is 92.0 Å². The van der Waals surface area contributed by atoms with Gasteiger partial charge in [-0.2, -0.15) is 0 Å². The van der Waals surface area contributed by atoms with E-state index in [0.29, 0.717) is 5.88 Å². The smallest absolute Gasteiger partial charge is 0.302 e. The number of carbonyl (C=O) groups excluding carboxylic acids is 1. The summed E-state index contributed by atoms with van der Waals surface area (Å²) in [5.41, 5.74) is 0. The molecule has 0 spiro atoms. The van der Waals surface area contributed by atoms with Crippen molar-refractivity contribution in [3.8, 4) is 0 Å². The Hall–Kier alpha value is -0.240. The highest BCUT2D eigenvalue weighted by Crippen LogP contribution is 2.12. The minimum Gasteiger partial charge on any atom is -0.463 e. The van der Waals surface area contributed by atoms with Gasteiger partial charge in [-0.05, 0) is 25.7 Å². The molecule has 0 aromatic rings. The molecule has 0 unspecified atom stereocenters. The molecule has 0 fully saturated rings. The second-order valence-corrected chi connectivity index (χ2v) is 3.94. The van der Waals surface area contributed by atoms with Crippen LogP contribution in [0.15, 0.2) is 0 Å². The van der Waals surface area contributed by atoms with Gasteiger partial charge in [0.2, 0.25) is 0 Å². The van der Waals surface area contributed by atoms with E-state index < -0.39 is 0 Å². The van der Waals surface area contributed by atoms with Gasteiger partial charge in [-0.3, -0.25) is 4.79 Å². The highest BCUT2D eigenvalue weighted by Gasteiger charge is 2.10. The molecule has 0 aromatic carbocycles. The molecule has 0 rings (SSSR count). The zero-order valence-electron chi connectivity index (χ0n) is 9.22. The first-order chi connectivity index (χ1) is 6.70. The molecule has 0 N–H and O–H groups in total. The summed E-state index contributed by atoms with van der Waals surface area (Å²) < 4.78 is 5.20. The standard InChI is InChI=1S/C11H21ClO2/c1-3-4-5-7-11(8-6-9-12)14-10(2)13/h11H,3-9H2,1-2H3/t11-/m1/s1. The molecule has 0 aliphatic carbocycles. The third-order valence-electron chi connectivity index (χ3n) is 2.12. The maximum Gasteiger partial charge on any atom is 0.302 e. The Morgan fingerprint density at radius 2 is 1.93 bits per heavy atom. The average molecular weight is 221 g/mol. The Morgan fingerprint density at radius 3 is 2.43 bits per heavy atom. The van der Waals surface area contributed by atoms with Crippen molar-refractivity contribution in [3.63, 3.8) is 0 Å². The van der Waals surface area contributed by atoms with E-state index in [1.54, 1.807) is 0 Å². The summed E-state index contributed by atoms with van der Waals surface area (Å²) in [5, 5.41) is 0. The average Bonchev–Trinajstić information content (AvgIpc) is 2.13. The van der Waals surface area contributed by atoms with Crippen LogP contribution in [-0.4, -0.2) is 18.0 Å². The lowest BCUT2D eigenvalue weighted by molar-refractivity contribution is -0.147. The van der Waals surface area contributed by atoms with Crippen molar-refractivity contribution >= 4 is 17.6 Å². The number of hydrogen-bond acceptors (Lipinski definition) is 2. The number of halogens is 1. The number of hydrogen-bond donors (Lipinski definition) is 0. The summed E-state index contributed by atoms with van der Waals surface area (Å²) >= 11 is 5.60. The second kappa shape index (κ2) is 9.32. The largest absolute Gasteiger partial charge is 0.463 e. The molecule has 0 heterocycles. The fourth-order valence-corrected chi connectivity index (χ4v) is 1.58. The Kier molecular flexibility index (Phi) is 9.16. The predicted octanol–water partition coefficient (Wildman–Crippen LogP) is 3.52. The molecule has 0 radical (unpaired) electrons. The van der Waals surface area contributed by atoms with Gasteiger partial charge in [0.15, 0.2) is 0 Å². The highest BCUT2D eigenvalue weighted by molar-refractivity contribution is 6.17. The molecular weight excluding hydrogens is 200 g/mol. The molecule has 0 bridgehead atoms. The van der Waals surface area contributed by atoms with Gasteiger partial charge in [0.05, 0.1) is 0 Å². The Bertz CT molecular complexity index is 148.